The van der Waals surface area contributed by atoms with Crippen molar-refractivity contribution in [3.8, 4) is 0 Å². The SMILES string of the molecule is C=C1[C@H](C)C/C(=C\C=C2/CCC[C@@]3(C)C2CCC3[C@@H](C)CCCC2(O[Si](CC)(CC)CC)CCCC2)C[C@H]1O[Si](C)(C)C(C)(C)C. The third kappa shape index (κ3) is 8.30. The van der Waals surface area contributed by atoms with Gasteiger partial charge in [-0.15, -0.1) is 0 Å². The molecule has 6 atom stereocenters. The first-order chi connectivity index (χ1) is 21.5. The quantitative estimate of drug-likeness (QED) is 0.144. The Morgan fingerprint density at radius 1 is 0.957 bits per heavy atom. The van der Waals surface area contributed by atoms with Gasteiger partial charge in [-0.3, -0.25) is 0 Å². The molecule has 4 heteroatoms. The minimum Gasteiger partial charge on any atom is -0.411 e. The molecule has 4 fully saturated rings. The molecule has 0 N–H and O–H groups in total. The normalized spacial score (nSPS) is 33.2. The maximum absolute atomic E-state index is 7.31. The van der Waals surface area contributed by atoms with Crippen LogP contribution in [0.25, 0.3) is 0 Å². The number of allylic oxidation sites excluding steroid dienone is 3. The van der Waals surface area contributed by atoms with Gasteiger partial charge in [0.15, 0.2) is 16.6 Å². The summed E-state index contributed by atoms with van der Waals surface area (Å²) in [6.45, 7) is 31.2. The van der Waals surface area contributed by atoms with Gasteiger partial charge in [0.2, 0.25) is 0 Å². The molecule has 4 rings (SSSR count). The Morgan fingerprint density at radius 2 is 1.61 bits per heavy atom. The highest BCUT2D eigenvalue weighted by Gasteiger charge is 2.51. The van der Waals surface area contributed by atoms with Crippen LogP contribution in [-0.2, 0) is 8.85 Å². The van der Waals surface area contributed by atoms with Crippen molar-refractivity contribution in [1.29, 1.82) is 0 Å². The molecule has 0 aliphatic heterocycles. The van der Waals surface area contributed by atoms with Gasteiger partial charge in [-0.25, -0.2) is 0 Å². The van der Waals surface area contributed by atoms with E-state index < -0.39 is 16.6 Å². The maximum atomic E-state index is 7.31. The molecular formula is C42H76O2Si2. The van der Waals surface area contributed by atoms with Gasteiger partial charge in [0, 0.05) is 0 Å². The monoisotopic (exact) mass is 669 g/mol. The summed E-state index contributed by atoms with van der Waals surface area (Å²) in [7, 11) is -3.41. The van der Waals surface area contributed by atoms with Crippen LogP contribution in [-0.4, -0.2) is 28.3 Å². The van der Waals surface area contributed by atoms with Crippen LogP contribution in [0.1, 0.15) is 152 Å². The van der Waals surface area contributed by atoms with Crippen molar-refractivity contribution in [2.75, 3.05) is 0 Å². The molecule has 0 aromatic heterocycles. The second-order valence-electron chi connectivity index (χ2n) is 18.5. The summed E-state index contributed by atoms with van der Waals surface area (Å²) in [5.41, 5.74) is 5.34. The fourth-order valence-electron chi connectivity index (χ4n) is 10.3. The second-order valence-corrected chi connectivity index (χ2v) is 28.0. The van der Waals surface area contributed by atoms with Crippen LogP contribution in [0.2, 0.25) is 36.3 Å². The highest BCUT2D eigenvalue weighted by atomic mass is 28.4. The lowest BCUT2D eigenvalue weighted by Gasteiger charge is -2.45. The Labute approximate surface area is 289 Å². The molecule has 0 saturated heterocycles. The molecule has 264 valence electrons. The third-order valence-corrected chi connectivity index (χ3v) is 24.0. The van der Waals surface area contributed by atoms with E-state index in [0.717, 1.165) is 30.6 Å². The van der Waals surface area contributed by atoms with Gasteiger partial charge in [-0.2, -0.15) is 0 Å². The standard InChI is InChI=1S/C42H76O2Si2/c1-13-46(14-2,15-3)44-42(27-16-17-28-42)29-18-20-32(4)37-24-25-38-36(21-19-26-41(37,38)10)23-22-35-30-33(5)34(6)39(31-35)43-45(11,12)40(7,8)9/h22-23,32-33,37-39H,6,13-21,24-31H2,1-5,7-12H3/b35-22+,36-23+/t32-,33+,37?,38?,39+,41+/m0/s1. The van der Waals surface area contributed by atoms with Crippen molar-refractivity contribution < 1.29 is 8.85 Å². The van der Waals surface area contributed by atoms with Gasteiger partial charge in [0.05, 0.1) is 11.7 Å². The number of fused-ring (bicyclic) bond motifs is 1. The molecule has 4 saturated carbocycles. The van der Waals surface area contributed by atoms with Crippen LogP contribution in [0.5, 0.6) is 0 Å². The Hall–Kier alpha value is -0.426. The summed E-state index contributed by atoms with van der Waals surface area (Å²) in [4.78, 5) is 0. The van der Waals surface area contributed by atoms with Crippen LogP contribution < -0.4 is 0 Å². The summed E-state index contributed by atoms with van der Waals surface area (Å²) < 4.78 is 14.3. The average molecular weight is 669 g/mol. The first-order valence-corrected chi connectivity index (χ1v) is 25.4. The predicted octanol–water partition coefficient (Wildman–Crippen LogP) is 13.6. The van der Waals surface area contributed by atoms with Gasteiger partial charge < -0.3 is 8.85 Å². The molecule has 2 nitrogen and oxygen atoms in total. The molecule has 0 bridgehead atoms. The van der Waals surface area contributed by atoms with Crippen molar-refractivity contribution in [2.45, 2.75) is 200 Å². The van der Waals surface area contributed by atoms with Crippen LogP contribution in [0, 0.1) is 29.1 Å². The molecule has 2 unspecified atom stereocenters. The minimum atomic E-state index is -1.84. The van der Waals surface area contributed by atoms with Gasteiger partial charge in [0.1, 0.15) is 0 Å². The number of hydrogen-bond acceptors (Lipinski definition) is 2. The van der Waals surface area contributed by atoms with E-state index in [1.54, 1.807) is 11.1 Å². The van der Waals surface area contributed by atoms with E-state index in [2.05, 4.69) is 94.1 Å². The largest absolute Gasteiger partial charge is 0.411 e. The summed E-state index contributed by atoms with van der Waals surface area (Å²) in [6, 6.07) is 3.85. The van der Waals surface area contributed by atoms with Crippen LogP contribution in [0.3, 0.4) is 0 Å². The zero-order valence-electron chi connectivity index (χ0n) is 32.6. The lowest BCUT2D eigenvalue weighted by Crippen LogP contribution is -2.46. The Morgan fingerprint density at radius 3 is 2.22 bits per heavy atom. The lowest BCUT2D eigenvalue weighted by atomic mass is 9.60. The van der Waals surface area contributed by atoms with E-state index in [1.165, 1.54) is 101 Å². The van der Waals surface area contributed by atoms with Gasteiger partial charge in [-0.1, -0.05) is 118 Å². The van der Waals surface area contributed by atoms with Crippen LogP contribution >= 0.6 is 0 Å². The molecule has 4 aliphatic carbocycles. The van der Waals surface area contributed by atoms with E-state index >= 15 is 0 Å². The zero-order chi connectivity index (χ0) is 34.0. The van der Waals surface area contributed by atoms with E-state index in [-0.39, 0.29) is 16.7 Å². The highest BCUT2D eigenvalue weighted by molar-refractivity contribution is 6.74. The van der Waals surface area contributed by atoms with E-state index in [0.29, 0.717) is 11.3 Å². The molecule has 0 aromatic rings. The lowest BCUT2D eigenvalue weighted by molar-refractivity contribution is 0.0455. The van der Waals surface area contributed by atoms with Crippen molar-refractivity contribution in [3.63, 3.8) is 0 Å². The van der Waals surface area contributed by atoms with Crippen LogP contribution in [0.15, 0.2) is 35.5 Å². The molecule has 0 radical (unpaired) electrons. The molecule has 46 heavy (non-hydrogen) atoms. The second kappa shape index (κ2) is 15.2. The molecular weight excluding hydrogens is 593 g/mol. The van der Waals surface area contributed by atoms with Gasteiger partial charge >= 0.3 is 0 Å². The summed E-state index contributed by atoms with van der Waals surface area (Å²) in [5, 5.41) is 0.223. The summed E-state index contributed by atoms with van der Waals surface area (Å²) in [6.07, 6.45) is 23.8. The summed E-state index contributed by atoms with van der Waals surface area (Å²) in [5.74, 6) is 2.95. The van der Waals surface area contributed by atoms with Gasteiger partial charge in [0.25, 0.3) is 0 Å². The third-order valence-electron chi connectivity index (χ3n) is 14.7. The van der Waals surface area contributed by atoms with E-state index in [9.17, 15) is 0 Å². The van der Waals surface area contributed by atoms with Crippen molar-refractivity contribution in [2.24, 2.45) is 29.1 Å². The Balaban J connectivity index is 1.40. The molecule has 0 aromatic carbocycles. The Bertz CT molecular complexity index is 1080. The van der Waals surface area contributed by atoms with Gasteiger partial charge in [-0.05, 0) is 135 Å². The van der Waals surface area contributed by atoms with Crippen molar-refractivity contribution in [3.05, 3.63) is 35.5 Å². The van der Waals surface area contributed by atoms with E-state index in [1.807, 2.05) is 0 Å². The summed E-state index contributed by atoms with van der Waals surface area (Å²) >= 11 is 0. The first kappa shape index (κ1) is 38.4. The molecule has 4 aliphatic rings. The maximum Gasteiger partial charge on any atom is 0.192 e. The molecule has 0 heterocycles. The molecule has 0 amide bonds. The Kier molecular flexibility index (Phi) is 12.7. The topological polar surface area (TPSA) is 18.5 Å². The van der Waals surface area contributed by atoms with Crippen molar-refractivity contribution in [1.82, 2.24) is 0 Å². The number of hydrogen-bond donors (Lipinski definition) is 0. The minimum absolute atomic E-state index is 0.182. The van der Waals surface area contributed by atoms with Crippen molar-refractivity contribution >= 4 is 16.6 Å². The predicted molar refractivity (Wildman–Crippen MR) is 206 cm³/mol. The zero-order valence-corrected chi connectivity index (χ0v) is 34.6. The highest BCUT2D eigenvalue weighted by Crippen LogP contribution is 2.60. The first-order valence-electron chi connectivity index (χ1n) is 20.0. The molecule has 0 spiro atoms. The van der Waals surface area contributed by atoms with Crippen LogP contribution in [0.4, 0.5) is 0 Å². The average Bonchev–Trinajstić information content (AvgIpc) is 3.61. The van der Waals surface area contributed by atoms with E-state index in [4.69, 9.17) is 8.85 Å². The fourth-order valence-corrected chi connectivity index (χ4v) is 14.8. The number of rotatable bonds is 13. The fraction of sp³-hybridized carbons (Fsp3) is 0.857. The smallest absolute Gasteiger partial charge is 0.192 e.